The molecule has 1 aliphatic heterocycles. The van der Waals surface area contributed by atoms with Gasteiger partial charge in [-0.25, -0.2) is 9.50 Å². The minimum absolute atomic E-state index is 0.0277. The number of nitriles is 1. The number of aliphatic hydroxyl groups excluding tert-OH is 1. The number of ether oxygens (including phenoxy) is 2. The van der Waals surface area contributed by atoms with Crippen LogP contribution in [-0.2, 0) is 0 Å². The zero-order valence-corrected chi connectivity index (χ0v) is 22.2. The summed E-state index contributed by atoms with van der Waals surface area (Å²) in [7, 11) is 0. The molecule has 0 amide bonds. The van der Waals surface area contributed by atoms with E-state index >= 15 is 0 Å². The topological polar surface area (TPSA) is 95.9 Å². The quantitative estimate of drug-likeness (QED) is 0.326. The monoisotopic (exact) mass is 531 g/mol. The SMILES string of the molecule is CC(C)(CO)COc1cc(-c2ccc(N3CCC(Oc4ccc(C#N)cc4)CC3)nc2)c2c(Cl)cnn2c1. The molecule has 3 aromatic heterocycles. The molecule has 0 radical (unpaired) electrons. The number of hydrogen-bond donors (Lipinski definition) is 1. The fraction of sp³-hybridized carbons (Fsp3) is 0.345. The van der Waals surface area contributed by atoms with Crippen molar-refractivity contribution in [2.45, 2.75) is 32.8 Å². The van der Waals surface area contributed by atoms with Gasteiger partial charge in [0.1, 0.15) is 23.4 Å². The highest BCUT2D eigenvalue weighted by atomic mass is 35.5. The molecule has 1 aliphatic rings. The molecule has 4 heterocycles. The third-order valence-corrected chi connectivity index (χ3v) is 6.99. The standard InChI is InChI=1S/C29H30ClN5O3/c1-29(2,18-36)19-37-24-13-25(28-26(30)16-33-35(28)17-24)21-5-8-27(32-15-21)34-11-9-23(10-12-34)38-22-6-3-20(14-31)4-7-22/h3-8,13,15-17,23,36H,9-12,18-19H2,1-2H3. The van der Waals surface area contributed by atoms with Crippen molar-refractivity contribution in [2.75, 3.05) is 31.2 Å². The van der Waals surface area contributed by atoms with Crippen LogP contribution in [-0.4, -0.2) is 52.1 Å². The average Bonchev–Trinajstić information content (AvgIpc) is 3.33. The van der Waals surface area contributed by atoms with E-state index in [1.807, 2.05) is 50.4 Å². The smallest absolute Gasteiger partial charge is 0.138 e. The van der Waals surface area contributed by atoms with E-state index in [2.05, 4.69) is 16.1 Å². The van der Waals surface area contributed by atoms with E-state index in [1.54, 1.807) is 29.0 Å². The summed E-state index contributed by atoms with van der Waals surface area (Å²) in [5, 5.41) is 23.4. The zero-order valence-electron chi connectivity index (χ0n) is 21.5. The van der Waals surface area contributed by atoms with Crippen LogP contribution in [0.3, 0.4) is 0 Å². The molecule has 196 valence electrons. The number of rotatable bonds is 8. The first kappa shape index (κ1) is 25.8. The fourth-order valence-electron chi connectivity index (χ4n) is 4.42. The summed E-state index contributed by atoms with van der Waals surface area (Å²) in [5.74, 6) is 2.35. The van der Waals surface area contributed by atoms with Crippen molar-refractivity contribution in [2.24, 2.45) is 5.41 Å². The van der Waals surface area contributed by atoms with Crippen LogP contribution in [0.1, 0.15) is 32.3 Å². The molecule has 1 N–H and O–H groups in total. The maximum absolute atomic E-state index is 9.57. The Morgan fingerprint density at radius 3 is 2.53 bits per heavy atom. The Morgan fingerprint density at radius 2 is 1.87 bits per heavy atom. The Labute approximate surface area is 227 Å². The summed E-state index contributed by atoms with van der Waals surface area (Å²) in [5.41, 5.74) is 2.84. The number of pyridine rings is 2. The maximum Gasteiger partial charge on any atom is 0.138 e. The summed E-state index contributed by atoms with van der Waals surface area (Å²) in [6.45, 7) is 5.97. The van der Waals surface area contributed by atoms with E-state index < -0.39 is 0 Å². The van der Waals surface area contributed by atoms with Crippen LogP contribution in [0.4, 0.5) is 5.82 Å². The van der Waals surface area contributed by atoms with Crippen LogP contribution in [0.25, 0.3) is 16.6 Å². The van der Waals surface area contributed by atoms with Crippen molar-refractivity contribution in [3.63, 3.8) is 0 Å². The van der Waals surface area contributed by atoms with Gasteiger partial charge in [0, 0.05) is 48.7 Å². The highest BCUT2D eigenvalue weighted by Crippen LogP contribution is 2.34. The highest BCUT2D eigenvalue weighted by molar-refractivity contribution is 6.34. The number of aromatic nitrogens is 3. The van der Waals surface area contributed by atoms with Crippen molar-refractivity contribution in [1.29, 1.82) is 5.26 Å². The Kier molecular flexibility index (Phi) is 7.41. The summed E-state index contributed by atoms with van der Waals surface area (Å²) in [4.78, 5) is 7.03. The molecule has 38 heavy (non-hydrogen) atoms. The largest absolute Gasteiger partial charge is 0.491 e. The van der Waals surface area contributed by atoms with Crippen LogP contribution >= 0.6 is 11.6 Å². The second-order valence-electron chi connectivity index (χ2n) is 10.3. The van der Waals surface area contributed by atoms with Crippen molar-refractivity contribution in [1.82, 2.24) is 14.6 Å². The van der Waals surface area contributed by atoms with E-state index in [0.29, 0.717) is 22.9 Å². The van der Waals surface area contributed by atoms with Gasteiger partial charge in [-0.2, -0.15) is 10.4 Å². The summed E-state index contributed by atoms with van der Waals surface area (Å²) >= 11 is 6.48. The van der Waals surface area contributed by atoms with E-state index in [4.69, 9.17) is 31.3 Å². The number of anilines is 1. The molecule has 0 spiro atoms. The lowest BCUT2D eigenvalue weighted by Crippen LogP contribution is -2.38. The molecule has 0 unspecified atom stereocenters. The van der Waals surface area contributed by atoms with Gasteiger partial charge in [-0.05, 0) is 42.5 Å². The van der Waals surface area contributed by atoms with E-state index in [1.165, 1.54) is 0 Å². The summed E-state index contributed by atoms with van der Waals surface area (Å²) in [6.07, 6.45) is 7.18. The number of halogens is 1. The minimum atomic E-state index is -0.361. The molecule has 0 atom stereocenters. The predicted molar refractivity (Wildman–Crippen MR) is 147 cm³/mol. The second kappa shape index (κ2) is 10.9. The summed E-state index contributed by atoms with van der Waals surface area (Å²) in [6, 6.07) is 15.4. The van der Waals surface area contributed by atoms with Gasteiger partial charge in [0.15, 0.2) is 0 Å². The van der Waals surface area contributed by atoms with Crippen molar-refractivity contribution in [3.05, 3.63) is 71.6 Å². The van der Waals surface area contributed by atoms with Crippen LogP contribution in [0, 0.1) is 16.7 Å². The van der Waals surface area contributed by atoms with E-state index in [-0.39, 0.29) is 18.1 Å². The normalized spacial score (nSPS) is 14.4. The Bertz CT molecular complexity index is 1440. The average molecular weight is 532 g/mol. The maximum atomic E-state index is 9.57. The third-order valence-electron chi connectivity index (χ3n) is 6.71. The van der Waals surface area contributed by atoms with Crippen molar-refractivity contribution >= 4 is 22.9 Å². The van der Waals surface area contributed by atoms with Gasteiger partial charge >= 0.3 is 0 Å². The van der Waals surface area contributed by atoms with Crippen molar-refractivity contribution < 1.29 is 14.6 Å². The Balaban J connectivity index is 1.28. The number of aliphatic hydroxyl groups is 1. The number of benzene rings is 1. The Morgan fingerprint density at radius 1 is 1.11 bits per heavy atom. The van der Waals surface area contributed by atoms with Gasteiger partial charge in [0.05, 0.1) is 47.8 Å². The molecular formula is C29H30ClN5O3. The van der Waals surface area contributed by atoms with Crippen molar-refractivity contribution in [3.8, 4) is 28.7 Å². The predicted octanol–water partition coefficient (Wildman–Crippen LogP) is 5.37. The van der Waals surface area contributed by atoms with Gasteiger partial charge in [0.25, 0.3) is 0 Å². The number of nitrogens with zero attached hydrogens (tertiary/aromatic N) is 5. The summed E-state index contributed by atoms with van der Waals surface area (Å²) < 4.78 is 13.8. The van der Waals surface area contributed by atoms with E-state index in [9.17, 15) is 5.11 Å². The molecule has 0 aliphatic carbocycles. The van der Waals surface area contributed by atoms with Crippen LogP contribution in [0.2, 0.25) is 5.02 Å². The first-order chi connectivity index (χ1) is 18.3. The second-order valence-corrected chi connectivity index (χ2v) is 10.7. The fourth-order valence-corrected chi connectivity index (χ4v) is 4.65. The number of hydrogen-bond acceptors (Lipinski definition) is 7. The molecule has 8 nitrogen and oxygen atoms in total. The molecule has 9 heteroatoms. The van der Waals surface area contributed by atoms with Gasteiger partial charge in [-0.3, -0.25) is 0 Å². The van der Waals surface area contributed by atoms with Gasteiger partial charge in [0.2, 0.25) is 0 Å². The van der Waals surface area contributed by atoms with E-state index in [0.717, 1.165) is 54.1 Å². The van der Waals surface area contributed by atoms with Crippen LogP contribution in [0.15, 0.2) is 61.1 Å². The van der Waals surface area contributed by atoms with Crippen LogP contribution < -0.4 is 14.4 Å². The molecule has 1 saturated heterocycles. The highest BCUT2D eigenvalue weighted by Gasteiger charge is 2.22. The molecule has 0 bridgehead atoms. The molecule has 5 rings (SSSR count). The number of piperidine rings is 1. The lowest BCUT2D eigenvalue weighted by atomic mass is 9.96. The molecule has 1 aromatic carbocycles. The molecule has 0 saturated carbocycles. The van der Waals surface area contributed by atoms with Gasteiger partial charge in [-0.1, -0.05) is 25.4 Å². The Hall–Kier alpha value is -3.80. The van der Waals surface area contributed by atoms with Crippen LogP contribution in [0.5, 0.6) is 11.5 Å². The van der Waals surface area contributed by atoms with Gasteiger partial charge < -0.3 is 19.5 Å². The first-order valence-corrected chi connectivity index (χ1v) is 13.0. The minimum Gasteiger partial charge on any atom is -0.491 e. The zero-order chi connectivity index (χ0) is 26.7. The molecular weight excluding hydrogens is 502 g/mol. The molecule has 4 aromatic rings. The first-order valence-electron chi connectivity index (χ1n) is 12.6. The lowest BCUT2D eigenvalue weighted by Gasteiger charge is -2.33. The third kappa shape index (κ3) is 5.69. The molecule has 1 fully saturated rings. The van der Waals surface area contributed by atoms with Gasteiger partial charge in [-0.15, -0.1) is 0 Å². The lowest BCUT2D eigenvalue weighted by molar-refractivity contribution is 0.0973. The number of fused-ring (bicyclic) bond motifs is 1.